The van der Waals surface area contributed by atoms with Gasteiger partial charge < -0.3 is 15.6 Å². The lowest BCUT2D eigenvalue weighted by Gasteiger charge is -2.06. The fraction of sp³-hybridized carbons (Fsp3) is 0.222. The molecule has 132 valence electrons. The number of anilines is 1. The Kier molecular flexibility index (Phi) is 4.94. The van der Waals surface area contributed by atoms with Crippen LogP contribution in [-0.4, -0.2) is 38.9 Å². The summed E-state index contributed by atoms with van der Waals surface area (Å²) in [6.45, 7) is 1.48. The summed E-state index contributed by atoms with van der Waals surface area (Å²) in [4.78, 5) is 29.5. The van der Waals surface area contributed by atoms with Crippen molar-refractivity contribution in [3.63, 3.8) is 0 Å². The lowest BCUT2D eigenvalue weighted by Crippen LogP contribution is -2.15. The maximum Gasteiger partial charge on any atom is 0.258 e. The summed E-state index contributed by atoms with van der Waals surface area (Å²) < 4.78 is 0. The fourth-order valence-corrected chi connectivity index (χ4v) is 3.49. The van der Waals surface area contributed by atoms with Crippen LogP contribution >= 0.6 is 11.8 Å². The van der Waals surface area contributed by atoms with Gasteiger partial charge in [0.2, 0.25) is 0 Å². The predicted octanol–water partition coefficient (Wildman–Crippen LogP) is 2.00. The van der Waals surface area contributed by atoms with Crippen LogP contribution in [-0.2, 0) is 6.42 Å². The standard InChI is InChI=1S/C18H18N6OS/c25-18-13-3-1-2-4-14(13)22-16(24-18)6-8-20-15-5-7-21-17(23-15)9-12-10-19-11-26-12/h1-5,7,9,19H,6,8,10-11H2,(H,20,21,23)(H,22,24,25)/b12-9-. The molecule has 1 saturated heterocycles. The molecule has 1 fully saturated rings. The lowest BCUT2D eigenvalue weighted by molar-refractivity contribution is 0.891. The molecule has 1 aromatic carbocycles. The number of aromatic nitrogens is 4. The van der Waals surface area contributed by atoms with Gasteiger partial charge in [0.05, 0.1) is 10.9 Å². The number of H-pyrrole nitrogens is 1. The number of rotatable bonds is 5. The van der Waals surface area contributed by atoms with E-state index in [1.807, 2.05) is 30.3 Å². The SMILES string of the molecule is O=c1[nH]c(CCNc2ccnc(/C=C3/CNCS3)n2)nc2ccccc12. The number of hydrogen-bond donors (Lipinski definition) is 3. The van der Waals surface area contributed by atoms with Crippen molar-refractivity contribution in [1.82, 2.24) is 25.3 Å². The van der Waals surface area contributed by atoms with Crippen LogP contribution in [0.15, 0.2) is 46.2 Å². The number of hydrogen-bond acceptors (Lipinski definition) is 7. The molecule has 0 bridgehead atoms. The molecule has 0 saturated carbocycles. The summed E-state index contributed by atoms with van der Waals surface area (Å²) in [5.74, 6) is 3.04. The minimum Gasteiger partial charge on any atom is -0.370 e. The number of benzene rings is 1. The largest absolute Gasteiger partial charge is 0.370 e. The molecule has 0 atom stereocenters. The number of fused-ring (bicyclic) bond motifs is 1. The first-order valence-electron chi connectivity index (χ1n) is 8.37. The molecule has 0 amide bonds. The molecule has 4 rings (SSSR count). The fourth-order valence-electron chi connectivity index (χ4n) is 2.71. The van der Waals surface area contributed by atoms with Gasteiger partial charge in [-0.1, -0.05) is 12.1 Å². The topological polar surface area (TPSA) is 95.6 Å². The molecule has 0 aliphatic carbocycles. The van der Waals surface area contributed by atoms with Crippen LogP contribution in [0, 0.1) is 0 Å². The average Bonchev–Trinajstić information content (AvgIpc) is 3.15. The number of para-hydroxylation sites is 1. The molecule has 3 heterocycles. The zero-order valence-electron chi connectivity index (χ0n) is 14.0. The maximum absolute atomic E-state index is 12.1. The predicted molar refractivity (Wildman–Crippen MR) is 105 cm³/mol. The Labute approximate surface area is 154 Å². The Morgan fingerprint density at radius 1 is 1.23 bits per heavy atom. The molecule has 3 aromatic rings. The van der Waals surface area contributed by atoms with E-state index in [9.17, 15) is 4.79 Å². The van der Waals surface area contributed by atoms with Crippen LogP contribution in [0.4, 0.5) is 5.82 Å². The second kappa shape index (κ2) is 7.67. The van der Waals surface area contributed by atoms with E-state index in [1.165, 1.54) is 4.91 Å². The molecule has 7 nitrogen and oxygen atoms in total. The van der Waals surface area contributed by atoms with Crippen molar-refractivity contribution in [3.8, 4) is 0 Å². The van der Waals surface area contributed by atoms with Crippen molar-refractivity contribution in [2.45, 2.75) is 6.42 Å². The quantitative estimate of drug-likeness (QED) is 0.636. The number of aromatic amines is 1. The Morgan fingerprint density at radius 3 is 3.04 bits per heavy atom. The highest BCUT2D eigenvalue weighted by Crippen LogP contribution is 2.21. The van der Waals surface area contributed by atoms with Crippen LogP contribution in [0.2, 0.25) is 0 Å². The van der Waals surface area contributed by atoms with Crippen LogP contribution in [0.5, 0.6) is 0 Å². The van der Waals surface area contributed by atoms with Gasteiger partial charge in [0, 0.05) is 36.5 Å². The Bertz CT molecular complexity index is 1010. The summed E-state index contributed by atoms with van der Waals surface area (Å²) in [5.41, 5.74) is 0.606. The minimum absolute atomic E-state index is 0.107. The van der Waals surface area contributed by atoms with E-state index >= 15 is 0 Å². The molecule has 0 spiro atoms. The summed E-state index contributed by atoms with van der Waals surface area (Å²) in [7, 11) is 0. The molecule has 0 unspecified atom stereocenters. The summed E-state index contributed by atoms with van der Waals surface area (Å²) >= 11 is 1.77. The Hall–Kier alpha value is -2.71. The molecule has 8 heteroatoms. The second-order valence-corrected chi connectivity index (χ2v) is 6.93. The molecule has 0 radical (unpaired) electrons. The van der Waals surface area contributed by atoms with E-state index in [2.05, 4.69) is 30.6 Å². The summed E-state index contributed by atoms with van der Waals surface area (Å²) in [6, 6.07) is 9.17. The van der Waals surface area contributed by atoms with E-state index in [0.717, 1.165) is 18.2 Å². The van der Waals surface area contributed by atoms with Crippen molar-refractivity contribution >= 4 is 34.6 Å². The number of thioether (sulfide) groups is 1. The molecule has 1 aliphatic heterocycles. The van der Waals surface area contributed by atoms with Gasteiger partial charge in [-0.25, -0.2) is 15.0 Å². The second-order valence-electron chi connectivity index (χ2n) is 5.83. The monoisotopic (exact) mass is 366 g/mol. The molecule has 3 N–H and O–H groups in total. The van der Waals surface area contributed by atoms with E-state index in [0.29, 0.717) is 35.5 Å². The molecular weight excluding hydrogens is 348 g/mol. The van der Waals surface area contributed by atoms with Crippen LogP contribution < -0.4 is 16.2 Å². The van der Waals surface area contributed by atoms with E-state index in [-0.39, 0.29) is 5.56 Å². The van der Waals surface area contributed by atoms with Gasteiger partial charge in [-0.2, -0.15) is 0 Å². The third-order valence-electron chi connectivity index (χ3n) is 3.95. The summed E-state index contributed by atoms with van der Waals surface area (Å²) in [5, 5.41) is 7.13. The highest BCUT2D eigenvalue weighted by Gasteiger charge is 2.07. The van der Waals surface area contributed by atoms with Gasteiger partial charge >= 0.3 is 0 Å². The first-order valence-corrected chi connectivity index (χ1v) is 9.35. The van der Waals surface area contributed by atoms with Crippen molar-refractivity contribution in [3.05, 3.63) is 63.4 Å². The highest BCUT2D eigenvalue weighted by molar-refractivity contribution is 8.03. The average molecular weight is 366 g/mol. The van der Waals surface area contributed by atoms with Crippen LogP contribution in [0.3, 0.4) is 0 Å². The van der Waals surface area contributed by atoms with Gasteiger partial charge in [-0.05, 0) is 24.3 Å². The third kappa shape index (κ3) is 3.92. The maximum atomic E-state index is 12.1. The van der Waals surface area contributed by atoms with Gasteiger partial charge in [0.1, 0.15) is 11.6 Å². The zero-order chi connectivity index (χ0) is 17.8. The van der Waals surface area contributed by atoms with Crippen molar-refractivity contribution in [2.24, 2.45) is 0 Å². The van der Waals surface area contributed by atoms with Gasteiger partial charge in [0.25, 0.3) is 5.56 Å². The first-order chi connectivity index (χ1) is 12.8. The van der Waals surface area contributed by atoms with Gasteiger partial charge in [0.15, 0.2) is 5.82 Å². The third-order valence-corrected chi connectivity index (χ3v) is 4.93. The summed E-state index contributed by atoms with van der Waals surface area (Å²) in [6.07, 6.45) is 4.34. The van der Waals surface area contributed by atoms with E-state index < -0.39 is 0 Å². The van der Waals surface area contributed by atoms with Crippen LogP contribution in [0.25, 0.3) is 17.0 Å². The number of nitrogens with one attached hydrogen (secondary N) is 3. The van der Waals surface area contributed by atoms with E-state index in [1.54, 1.807) is 24.0 Å². The number of nitrogens with zero attached hydrogens (tertiary/aromatic N) is 3. The van der Waals surface area contributed by atoms with Crippen molar-refractivity contribution in [1.29, 1.82) is 0 Å². The smallest absolute Gasteiger partial charge is 0.258 e. The Morgan fingerprint density at radius 2 is 2.15 bits per heavy atom. The van der Waals surface area contributed by atoms with Crippen molar-refractivity contribution < 1.29 is 0 Å². The van der Waals surface area contributed by atoms with Gasteiger partial charge in [-0.15, -0.1) is 11.8 Å². The molecular formula is C18H18N6OS. The zero-order valence-corrected chi connectivity index (χ0v) is 14.8. The minimum atomic E-state index is -0.107. The van der Waals surface area contributed by atoms with Gasteiger partial charge in [-0.3, -0.25) is 4.79 Å². The lowest BCUT2D eigenvalue weighted by atomic mass is 10.2. The molecule has 1 aliphatic rings. The molecule has 2 aromatic heterocycles. The van der Waals surface area contributed by atoms with E-state index in [4.69, 9.17) is 0 Å². The van der Waals surface area contributed by atoms with Crippen LogP contribution in [0.1, 0.15) is 11.6 Å². The Balaban J connectivity index is 1.42. The van der Waals surface area contributed by atoms with Crippen molar-refractivity contribution in [2.75, 3.05) is 24.3 Å². The molecule has 26 heavy (non-hydrogen) atoms. The highest BCUT2D eigenvalue weighted by atomic mass is 32.2. The normalized spacial score (nSPS) is 15.6. The first kappa shape index (κ1) is 16.7.